The molecule has 1 aliphatic carbocycles. The standard InChI is InChI=1S/C12H16N2O5/c1-6(2)7(8(15)19-3)14-10(17)12(4-5-12)9(16)13-11(14)18/h6-7H,4-5H2,1-3H3,(H,13,16,18). The summed E-state index contributed by atoms with van der Waals surface area (Å²) in [6.07, 6.45) is 0.820. The maximum atomic E-state index is 12.3. The molecule has 0 aromatic carbocycles. The van der Waals surface area contributed by atoms with E-state index >= 15 is 0 Å². The molecule has 1 saturated carbocycles. The van der Waals surface area contributed by atoms with Crippen LogP contribution in [0.3, 0.4) is 0 Å². The van der Waals surface area contributed by atoms with Gasteiger partial charge in [0.05, 0.1) is 7.11 Å². The van der Waals surface area contributed by atoms with E-state index in [4.69, 9.17) is 0 Å². The molecule has 0 aromatic rings. The van der Waals surface area contributed by atoms with Crippen LogP contribution in [0.25, 0.3) is 0 Å². The van der Waals surface area contributed by atoms with Crippen LogP contribution in [0.4, 0.5) is 4.79 Å². The first-order valence-electron chi connectivity index (χ1n) is 6.12. The average Bonchev–Trinajstić information content (AvgIpc) is 3.13. The highest BCUT2D eigenvalue weighted by molar-refractivity contribution is 6.21. The average molecular weight is 268 g/mol. The van der Waals surface area contributed by atoms with Crippen molar-refractivity contribution in [1.82, 2.24) is 10.2 Å². The topological polar surface area (TPSA) is 92.8 Å². The first kappa shape index (κ1) is 13.5. The molecule has 2 aliphatic rings. The smallest absolute Gasteiger partial charge is 0.331 e. The van der Waals surface area contributed by atoms with E-state index in [1.165, 1.54) is 7.11 Å². The highest BCUT2D eigenvalue weighted by atomic mass is 16.5. The summed E-state index contributed by atoms with van der Waals surface area (Å²) in [5.74, 6) is -2.12. The number of nitrogens with one attached hydrogen (secondary N) is 1. The van der Waals surface area contributed by atoms with Crippen LogP contribution in [0.15, 0.2) is 0 Å². The van der Waals surface area contributed by atoms with Crippen molar-refractivity contribution in [3.8, 4) is 0 Å². The zero-order valence-corrected chi connectivity index (χ0v) is 11.1. The van der Waals surface area contributed by atoms with Gasteiger partial charge in [-0.25, -0.2) is 14.5 Å². The number of nitrogens with zero attached hydrogens (tertiary/aromatic N) is 1. The van der Waals surface area contributed by atoms with Crippen molar-refractivity contribution in [3.05, 3.63) is 0 Å². The van der Waals surface area contributed by atoms with Crippen LogP contribution in [0.2, 0.25) is 0 Å². The molecule has 7 nitrogen and oxygen atoms in total. The van der Waals surface area contributed by atoms with Crippen molar-refractivity contribution in [1.29, 1.82) is 0 Å². The zero-order valence-electron chi connectivity index (χ0n) is 11.1. The summed E-state index contributed by atoms with van der Waals surface area (Å²) in [4.78, 5) is 48.5. The molecule has 1 unspecified atom stereocenters. The number of imide groups is 2. The van der Waals surface area contributed by atoms with Crippen molar-refractivity contribution >= 4 is 23.8 Å². The Balaban J connectivity index is 2.36. The Bertz CT molecular complexity index is 467. The van der Waals surface area contributed by atoms with E-state index in [2.05, 4.69) is 10.1 Å². The molecule has 2 fully saturated rings. The van der Waals surface area contributed by atoms with Gasteiger partial charge < -0.3 is 4.74 Å². The number of esters is 1. The lowest BCUT2D eigenvalue weighted by atomic mass is 9.96. The summed E-state index contributed by atoms with van der Waals surface area (Å²) in [5.41, 5.74) is -1.14. The summed E-state index contributed by atoms with van der Waals surface area (Å²) in [7, 11) is 1.20. The highest BCUT2D eigenvalue weighted by Crippen LogP contribution is 2.49. The van der Waals surface area contributed by atoms with Crippen molar-refractivity contribution in [2.45, 2.75) is 32.7 Å². The number of rotatable bonds is 3. The first-order valence-corrected chi connectivity index (χ1v) is 6.12. The van der Waals surface area contributed by atoms with E-state index in [9.17, 15) is 19.2 Å². The Morgan fingerprint density at radius 1 is 1.32 bits per heavy atom. The molecule has 1 aliphatic heterocycles. The molecule has 1 saturated heterocycles. The van der Waals surface area contributed by atoms with Gasteiger partial charge in [0.2, 0.25) is 11.8 Å². The number of hydrogen-bond acceptors (Lipinski definition) is 5. The minimum absolute atomic E-state index is 0.300. The van der Waals surface area contributed by atoms with Gasteiger partial charge in [0.15, 0.2) is 0 Å². The number of urea groups is 1. The second-order valence-electron chi connectivity index (χ2n) is 5.23. The van der Waals surface area contributed by atoms with Gasteiger partial charge in [0, 0.05) is 0 Å². The third kappa shape index (κ3) is 1.89. The summed E-state index contributed by atoms with van der Waals surface area (Å²) >= 11 is 0. The maximum absolute atomic E-state index is 12.3. The second-order valence-corrected chi connectivity index (χ2v) is 5.23. The molecule has 1 heterocycles. The molecule has 0 bridgehead atoms. The van der Waals surface area contributed by atoms with Crippen LogP contribution < -0.4 is 5.32 Å². The summed E-state index contributed by atoms with van der Waals surface area (Å²) in [5, 5.41) is 2.15. The number of carbonyl (C=O) groups is 4. The van der Waals surface area contributed by atoms with Crippen molar-refractivity contribution in [2.24, 2.45) is 11.3 Å². The van der Waals surface area contributed by atoms with Crippen LogP contribution in [-0.4, -0.2) is 41.9 Å². The molecule has 0 radical (unpaired) electrons. The van der Waals surface area contributed by atoms with Gasteiger partial charge in [-0.15, -0.1) is 0 Å². The predicted molar refractivity (Wildman–Crippen MR) is 62.7 cm³/mol. The second kappa shape index (κ2) is 4.32. The van der Waals surface area contributed by atoms with Crippen molar-refractivity contribution in [3.63, 3.8) is 0 Å². The SMILES string of the molecule is COC(=O)C(C(C)C)N1C(=O)NC(=O)C2(CC2)C1=O. The Hall–Kier alpha value is -1.92. The van der Waals surface area contributed by atoms with Gasteiger partial charge in [0.1, 0.15) is 11.5 Å². The largest absolute Gasteiger partial charge is 0.467 e. The zero-order chi connectivity index (χ0) is 14.4. The Morgan fingerprint density at radius 2 is 1.89 bits per heavy atom. The lowest BCUT2D eigenvalue weighted by Crippen LogP contribution is -2.64. The Morgan fingerprint density at radius 3 is 2.32 bits per heavy atom. The molecule has 2 rings (SSSR count). The molecule has 7 heteroatoms. The summed E-state index contributed by atoms with van der Waals surface area (Å²) in [6.45, 7) is 3.41. The van der Waals surface area contributed by atoms with Gasteiger partial charge in [-0.2, -0.15) is 0 Å². The third-order valence-corrected chi connectivity index (χ3v) is 3.60. The van der Waals surface area contributed by atoms with Crippen molar-refractivity contribution in [2.75, 3.05) is 7.11 Å². The molecule has 1 N–H and O–H groups in total. The van der Waals surface area contributed by atoms with Gasteiger partial charge in [-0.05, 0) is 18.8 Å². The molecule has 19 heavy (non-hydrogen) atoms. The number of methoxy groups -OCH3 is 1. The number of barbiturate groups is 1. The normalized spacial score (nSPS) is 22.5. The third-order valence-electron chi connectivity index (χ3n) is 3.60. The molecule has 4 amide bonds. The fourth-order valence-electron chi connectivity index (χ4n) is 2.31. The number of amides is 4. The van der Waals surface area contributed by atoms with Crippen LogP contribution in [0.5, 0.6) is 0 Å². The molecule has 0 aromatic heterocycles. The van der Waals surface area contributed by atoms with Gasteiger partial charge in [0.25, 0.3) is 0 Å². The van der Waals surface area contributed by atoms with Crippen LogP contribution in [-0.2, 0) is 19.1 Å². The number of ether oxygens (including phenoxy) is 1. The lowest BCUT2D eigenvalue weighted by Gasteiger charge is -2.36. The predicted octanol–water partition coefficient (Wildman–Crippen LogP) is 0.0426. The maximum Gasteiger partial charge on any atom is 0.331 e. The molecule has 1 spiro atoms. The number of carbonyl (C=O) groups excluding carboxylic acids is 4. The summed E-state index contributed by atoms with van der Waals surface area (Å²) < 4.78 is 4.64. The van der Waals surface area contributed by atoms with E-state index in [-0.39, 0.29) is 5.92 Å². The minimum atomic E-state index is -1.14. The fraction of sp³-hybridized carbons (Fsp3) is 0.667. The van der Waals surface area contributed by atoms with Crippen LogP contribution in [0, 0.1) is 11.3 Å². The number of hydrogen-bond donors (Lipinski definition) is 1. The van der Waals surface area contributed by atoms with E-state index in [0.717, 1.165) is 4.90 Å². The van der Waals surface area contributed by atoms with Crippen LogP contribution in [0.1, 0.15) is 26.7 Å². The first-order chi connectivity index (χ1) is 8.85. The van der Waals surface area contributed by atoms with Crippen LogP contribution >= 0.6 is 0 Å². The van der Waals surface area contributed by atoms with E-state index < -0.39 is 35.3 Å². The molecule has 104 valence electrons. The monoisotopic (exact) mass is 268 g/mol. The van der Waals surface area contributed by atoms with Gasteiger partial charge in [-0.1, -0.05) is 13.8 Å². The van der Waals surface area contributed by atoms with E-state index in [1.807, 2.05) is 0 Å². The Kier molecular flexibility index (Phi) is 3.07. The van der Waals surface area contributed by atoms with Crippen molar-refractivity contribution < 1.29 is 23.9 Å². The van der Waals surface area contributed by atoms with E-state index in [0.29, 0.717) is 12.8 Å². The van der Waals surface area contributed by atoms with Gasteiger partial charge >= 0.3 is 12.0 Å². The Labute approximate surface area is 110 Å². The molecule has 1 atom stereocenters. The summed E-state index contributed by atoms with van der Waals surface area (Å²) in [6, 6.07) is -1.86. The van der Waals surface area contributed by atoms with Gasteiger partial charge in [-0.3, -0.25) is 14.9 Å². The fourth-order valence-corrected chi connectivity index (χ4v) is 2.31. The minimum Gasteiger partial charge on any atom is -0.467 e. The molecular formula is C12H16N2O5. The van der Waals surface area contributed by atoms with E-state index in [1.54, 1.807) is 13.8 Å². The lowest BCUT2D eigenvalue weighted by molar-refractivity contribution is -0.157. The highest BCUT2D eigenvalue weighted by Gasteiger charge is 2.63. The quantitative estimate of drug-likeness (QED) is 0.576. The molecular weight excluding hydrogens is 252 g/mol.